The Morgan fingerprint density at radius 2 is 1.82 bits per heavy atom. The normalized spacial score (nSPS) is 25.7. The molecule has 3 heteroatoms. The van der Waals surface area contributed by atoms with Crippen LogP contribution in [0.5, 0.6) is 0 Å². The van der Waals surface area contributed by atoms with Crippen LogP contribution < -0.4 is 0 Å². The lowest BCUT2D eigenvalue weighted by Crippen LogP contribution is -2.41. The number of carbonyl (C=O) groups excluding carboxylic acids is 1. The van der Waals surface area contributed by atoms with Crippen molar-refractivity contribution in [2.24, 2.45) is 5.92 Å². The summed E-state index contributed by atoms with van der Waals surface area (Å²) in [4.78, 5) is 13.8. The molecule has 1 amide bonds. The summed E-state index contributed by atoms with van der Waals surface area (Å²) >= 11 is 0. The zero-order valence-electron chi connectivity index (χ0n) is 10.7. The first-order chi connectivity index (χ1) is 8.27. The van der Waals surface area contributed by atoms with Crippen LogP contribution >= 0.6 is 0 Å². The van der Waals surface area contributed by atoms with Crippen LogP contribution in [0.3, 0.4) is 0 Å². The Hall–Kier alpha value is -0.570. The molecule has 3 nitrogen and oxygen atoms in total. The van der Waals surface area contributed by atoms with Crippen LogP contribution in [0.25, 0.3) is 0 Å². The third-order valence-corrected chi connectivity index (χ3v) is 4.27. The van der Waals surface area contributed by atoms with Crippen molar-refractivity contribution in [1.82, 2.24) is 4.90 Å². The molecular formula is C14H25NO2. The number of amides is 1. The van der Waals surface area contributed by atoms with Gasteiger partial charge in [0.2, 0.25) is 5.91 Å². The van der Waals surface area contributed by atoms with Crippen molar-refractivity contribution >= 4 is 5.91 Å². The second-order valence-electron chi connectivity index (χ2n) is 5.62. The van der Waals surface area contributed by atoms with Crippen LogP contribution in [0.1, 0.15) is 57.8 Å². The van der Waals surface area contributed by atoms with Crippen molar-refractivity contribution in [3.8, 4) is 0 Å². The number of β-amino-alcohol motifs (C(OH)–C–C–N with tert-alkyl or cyclic N) is 1. The molecule has 1 saturated heterocycles. The highest BCUT2D eigenvalue weighted by Gasteiger charge is 2.26. The van der Waals surface area contributed by atoms with Crippen LogP contribution in [-0.4, -0.2) is 35.1 Å². The minimum atomic E-state index is -0.291. The van der Waals surface area contributed by atoms with E-state index in [4.69, 9.17) is 0 Å². The fourth-order valence-corrected chi connectivity index (χ4v) is 3.13. The molecule has 1 N–H and O–H groups in total. The Balaban J connectivity index is 1.83. The average Bonchev–Trinajstić information content (AvgIpc) is 2.82. The molecule has 0 spiro atoms. The lowest BCUT2D eigenvalue weighted by Gasteiger charge is -2.29. The molecule has 1 aliphatic carbocycles. The molecule has 2 aliphatic rings. The SMILES string of the molecule is O=C1CCCCCCN1CC(O)C1CCCC1. The van der Waals surface area contributed by atoms with E-state index >= 15 is 0 Å². The monoisotopic (exact) mass is 239 g/mol. The second-order valence-corrected chi connectivity index (χ2v) is 5.62. The summed E-state index contributed by atoms with van der Waals surface area (Å²) in [5, 5.41) is 10.2. The third kappa shape index (κ3) is 3.70. The Kier molecular flexibility index (Phi) is 4.84. The summed E-state index contributed by atoms with van der Waals surface area (Å²) < 4.78 is 0. The van der Waals surface area contributed by atoms with Gasteiger partial charge < -0.3 is 10.0 Å². The molecular weight excluding hydrogens is 214 g/mol. The standard InChI is InChI=1S/C14H25NO2/c16-13(12-7-4-5-8-12)11-15-10-6-2-1-3-9-14(15)17/h12-13,16H,1-11H2. The maximum atomic E-state index is 11.9. The molecule has 1 saturated carbocycles. The minimum absolute atomic E-state index is 0.252. The van der Waals surface area contributed by atoms with Gasteiger partial charge in [-0.05, 0) is 31.6 Å². The van der Waals surface area contributed by atoms with Crippen molar-refractivity contribution < 1.29 is 9.90 Å². The molecule has 0 aromatic rings. The molecule has 0 bridgehead atoms. The second kappa shape index (κ2) is 6.39. The van der Waals surface area contributed by atoms with E-state index in [-0.39, 0.29) is 12.0 Å². The maximum absolute atomic E-state index is 11.9. The summed E-state index contributed by atoms with van der Waals surface area (Å²) in [6, 6.07) is 0. The van der Waals surface area contributed by atoms with Crippen LogP contribution in [0, 0.1) is 5.92 Å². The number of hydrogen-bond acceptors (Lipinski definition) is 2. The van der Waals surface area contributed by atoms with E-state index in [1.165, 1.54) is 25.7 Å². The van der Waals surface area contributed by atoms with Gasteiger partial charge in [-0.2, -0.15) is 0 Å². The molecule has 1 aliphatic heterocycles. The molecule has 17 heavy (non-hydrogen) atoms. The smallest absolute Gasteiger partial charge is 0.222 e. The summed E-state index contributed by atoms with van der Waals surface area (Å²) in [7, 11) is 0. The maximum Gasteiger partial charge on any atom is 0.222 e. The summed E-state index contributed by atoms with van der Waals surface area (Å²) in [6.45, 7) is 1.42. The molecule has 98 valence electrons. The molecule has 2 fully saturated rings. The molecule has 2 rings (SSSR count). The van der Waals surface area contributed by atoms with E-state index in [1.807, 2.05) is 4.90 Å². The summed E-state index contributed by atoms with van der Waals surface area (Å²) in [5.74, 6) is 0.690. The first kappa shape index (κ1) is 12.9. The van der Waals surface area contributed by atoms with E-state index in [0.717, 1.165) is 32.2 Å². The van der Waals surface area contributed by atoms with Gasteiger partial charge in [0.25, 0.3) is 0 Å². The zero-order chi connectivity index (χ0) is 12.1. The number of likely N-dealkylation sites (tertiary alicyclic amines) is 1. The van der Waals surface area contributed by atoms with Gasteiger partial charge in [0.15, 0.2) is 0 Å². The summed E-state index contributed by atoms with van der Waals surface area (Å²) in [6.07, 6.45) is 9.70. The van der Waals surface area contributed by atoms with E-state index in [1.54, 1.807) is 0 Å². The Morgan fingerprint density at radius 1 is 1.12 bits per heavy atom. The highest BCUT2D eigenvalue weighted by molar-refractivity contribution is 5.76. The number of hydrogen-bond donors (Lipinski definition) is 1. The van der Waals surface area contributed by atoms with Crippen LogP contribution in [0.2, 0.25) is 0 Å². The van der Waals surface area contributed by atoms with Gasteiger partial charge in [0.1, 0.15) is 0 Å². The van der Waals surface area contributed by atoms with Gasteiger partial charge in [0.05, 0.1) is 6.10 Å². The van der Waals surface area contributed by atoms with E-state index in [9.17, 15) is 9.90 Å². The first-order valence-corrected chi connectivity index (χ1v) is 7.23. The van der Waals surface area contributed by atoms with E-state index in [2.05, 4.69) is 0 Å². The van der Waals surface area contributed by atoms with Crippen LogP contribution in [0.4, 0.5) is 0 Å². The van der Waals surface area contributed by atoms with Gasteiger partial charge in [-0.3, -0.25) is 4.79 Å². The Morgan fingerprint density at radius 3 is 2.59 bits per heavy atom. The molecule has 1 unspecified atom stereocenters. The van der Waals surface area contributed by atoms with E-state index < -0.39 is 0 Å². The van der Waals surface area contributed by atoms with Crippen molar-refractivity contribution in [3.05, 3.63) is 0 Å². The molecule has 0 aromatic heterocycles. The van der Waals surface area contributed by atoms with Crippen molar-refractivity contribution in [2.45, 2.75) is 63.9 Å². The quantitative estimate of drug-likeness (QED) is 0.821. The number of aliphatic hydroxyl groups is 1. The van der Waals surface area contributed by atoms with Crippen LogP contribution in [0.15, 0.2) is 0 Å². The van der Waals surface area contributed by atoms with Crippen molar-refractivity contribution in [1.29, 1.82) is 0 Å². The number of nitrogens with zero attached hydrogens (tertiary/aromatic N) is 1. The van der Waals surface area contributed by atoms with Gasteiger partial charge in [0, 0.05) is 19.5 Å². The molecule has 1 atom stereocenters. The lowest BCUT2D eigenvalue weighted by atomic mass is 9.99. The van der Waals surface area contributed by atoms with E-state index in [0.29, 0.717) is 18.9 Å². The summed E-state index contributed by atoms with van der Waals surface area (Å²) in [5.41, 5.74) is 0. The zero-order valence-corrected chi connectivity index (χ0v) is 10.7. The largest absolute Gasteiger partial charge is 0.391 e. The Labute approximate surface area is 104 Å². The first-order valence-electron chi connectivity index (χ1n) is 7.23. The van der Waals surface area contributed by atoms with Crippen molar-refractivity contribution in [3.63, 3.8) is 0 Å². The molecule has 1 heterocycles. The topological polar surface area (TPSA) is 40.5 Å². The average molecular weight is 239 g/mol. The van der Waals surface area contributed by atoms with Gasteiger partial charge in [-0.25, -0.2) is 0 Å². The minimum Gasteiger partial charge on any atom is -0.391 e. The lowest BCUT2D eigenvalue weighted by molar-refractivity contribution is -0.133. The fraction of sp³-hybridized carbons (Fsp3) is 0.929. The van der Waals surface area contributed by atoms with Gasteiger partial charge >= 0.3 is 0 Å². The molecule has 0 radical (unpaired) electrons. The Bertz CT molecular complexity index is 249. The highest BCUT2D eigenvalue weighted by atomic mass is 16.3. The predicted molar refractivity (Wildman–Crippen MR) is 67.6 cm³/mol. The van der Waals surface area contributed by atoms with Gasteiger partial charge in [-0.15, -0.1) is 0 Å². The highest BCUT2D eigenvalue weighted by Crippen LogP contribution is 2.28. The fourth-order valence-electron chi connectivity index (χ4n) is 3.13. The van der Waals surface area contributed by atoms with Crippen molar-refractivity contribution in [2.75, 3.05) is 13.1 Å². The number of aliphatic hydroxyl groups excluding tert-OH is 1. The predicted octanol–water partition coefficient (Wildman–Crippen LogP) is 2.33. The third-order valence-electron chi connectivity index (χ3n) is 4.27. The number of carbonyl (C=O) groups is 1. The van der Waals surface area contributed by atoms with Crippen LogP contribution in [-0.2, 0) is 4.79 Å². The molecule has 0 aromatic carbocycles. The number of rotatable bonds is 3. The van der Waals surface area contributed by atoms with Gasteiger partial charge in [-0.1, -0.05) is 25.7 Å².